The Bertz CT molecular complexity index is 499. The summed E-state index contributed by atoms with van der Waals surface area (Å²) in [5.74, 6) is 0.714. The number of nitrogens with one attached hydrogen (secondary N) is 1. The maximum Gasteiger partial charge on any atom is 0.259 e. The summed E-state index contributed by atoms with van der Waals surface area (Å²) in [6, 6.07) is 0. The number of sulfonamides is 1. The fraction of sp³-hybridized carbons (Fsp3) is 0.750. The molecule has 1 aromatic rings. The zero-order chi connectivity index (χ0) is 14.5. The van der Waals surface area contributed by atoms with Gasteiger partial charge in [0.2, 0.25) is 0 Å². The van der Waals surface area contributed by atoms with Gasteiger partial charge >= 0.3 is 0 Å². The third kappa shape index (κ3) is 4.78. The van der Waals surface area contributed by atoms with Crippen molar-refractivity contribution >= 4 is 21.6 Å². The summed E-state index contributed by atoms with van der Waals surface area (Å²) in [5, 5.41) is 0.0863. The van der Waals surface area contributed by atoms with Crippen LogP contribution in [0.1, 0.15) is 38.9 Å². The number of alkyl halides is 1. The number of imidazole rings is 1. The normalized spacial score (nSPS) is 13.7. The first-order valence-electron chi connectivity index (χ1n) is 6.58. The molecule has 0 aliphatic carbocycles. The first kappa shape index (κ1) is 16.5. The zero-order valence-electron chi connectivity index (χ0n) is 11.7. The SMILES string of the molecule is CCCn1cc(S(=O)(=O)NCCC(Cl)CC)nc1C. The van der Waals surface area contributed by atoms with Crippen LogP contribution in [0.15, 0.2) is 11.2 Å². The lowest BCUT2D eigenvalue weighted by Gasteiger charge is -2.07. The fourth-order valence-corrected chi connectivity index (χ4v) is 2.87. The minimum Gasteiger partial charge on any atom is -0.334 e. The molecule has 0 saturated heterocycles. The molecular weight excluding hydrogens is 286 g/mol. The summed E-state index contributed by atoms with van der Waals surface area (Å²) in [4.78, 5) is 4.10. The molecule has 1 N–H and O–H groups in total. The first-order valence-corrected chi connectivity index (χ1v) is 8.50. The van der Waals surface area contributed by atoms with Crippen molar-refractivity contribution in [2.75, 3.05) is 6.54 Å². The topological polar surface area (TPSA) is 64.0 Å². The molecule has 0 bridgehead atoms. The molecule has 0 aliphatic rings. The molecule has 19 heavy (non-hydrogen) atoms. The van der Waals surface area contributed by atoms with Gasteiger partial charge in [0.05, 0.1) is 0 Å². The molecule has 0 aliphatic heterocycles. The molecule has 0 radical (unpaired) electrons. The largest absolute Gasteiger partial charge is 0.334 e. The van der Waals surface area contributed by atoms with E-state index in [1.54, 1.807) is 13.1 Å². The summed E-state index contributed by atoms with van der Waals surface area (Å²) < 4.78 is 28.5. The summed E-state index contributed by atoms with van der Waals surface area (Å²) in [5.41, 5.74) is 0. The van der Waals surface area contributed by atoms with Gasteiger partial charge in [0, 0.05) is 24.7 Å². The van der Waals surface area contributed by atoms with E-state index in [2.05, 4.69) is 9.71 Å². The molecule has 7 heteroatoms. The Morgan fingerprint density at radius 1 is 1.47 bits per heavy atom. The third-order valence-electron chi connectivity index (χ3n) is 2.89. The van der Waals surface area contributed by atoms with Gasteiger partial charge in [0.1, 0.15) is 5.82 Å². The Labute approximate surface area is 120 Å². The standard InChI is InChI=1S/C12H22ClN3O2S/c1-4-8-16-9-12(15-10(16)3)19(17,18)14-7-6-11(13)5-2/h9,11,14H,4-8H2,1-3H3. The Hall–Kier alpha value is -0.590. The molecule has 1 aromatic heterocycles. The Morgan fingerprint density at radius 3 is 2.74 bits per heavy atom. The average Bonchev–Trinajstić information content (AvgIpc) is 2.72. The van der Waals surface area contributed by atoms with Crippen molar-refractivity contribution in [2.24, 2.45) is 0 Å². The van der Waals surface area contributed by atoms with E-state index >= 15 is 0 Å². The van der Waals surface area contributed by atoms with Crippen molar-refractivity contribution in [1.29, 1.82) is 0 Å². The third-order valence-corrected chi connectivity index (χ3v) is 4.74. The number of rotatable bonds is 8. The van der Waals surface area contributed by atoms with Crippen molar-refractivity contribution in [3.05, 3.63) is 12.0 Å². The van der Waals surface area contributed by atoms with Crippen LogP contribution in [0.3, 0.4) is 0 Å². The maximum absolute atomic E-state index is 12.0. The Kier molecular flexibility index (Phi) is 6.29. The predicted octanol–water partition coefficient (Wildman–Crippen LogP) is 2.29. The first-order chi connectivity index (χ1) is 8.90. The zero-order valence-corrected chi connectivity index (χ0v) is 13.3. The monoisotopic (exact) mass is 307 g/mol. The molecule has 1 rings (SSSR count). The molecule has 0 saturated carbocycles. The van der Waals surface area contributed by atoms with Crippen LogP contribution >= 0.6 is 11.6 Å². The van der Waals surface area contributed by atoms with E-state index < -0.39 is 10.0 Å². The number of aromatic nitrogens is 2. The molecule has 110 valence electrons. The fourth-order valence-electron chi connectivity index (χ4n) is 1.70. The van der Waals surface area contributed by atoms with Crippen molar-refractivity contribution in [3.63, 3.8) is 0 Å². The van der Waals surface area contributed by atoms with E-state index in [1.165, 1.54) is 0 Å². The van der Waals surface area contributed by atoms with E-state index in [9.17, 15) is 8.42 Å². The molecule has 1 heterocycles. The minimum absolute atomic E-state index is 0.00193. The molecule has 1 unspecified atom stereocenters. The summed E-state index contributed by atoms with van der Waals surface area (Å²) in [7, 11) is -3.52. The van der Waals surface area contributed by atoms with Crippen LogP contribution in [-0.2, 0) is 16.6 Å². The quantitative estimate of drug-likeness (QED) is 0.749. The molecule has 0 aromatic carbocycles. The molecule has 5 nitrogen and oxygen atoms in total. The highest BCUT2D eigenvalue weighted by Gasteiger charge is 2.18. The highest BCUT2D eigenvalue weighted by molar-refractivity contribution is 7.89. The molecule has 0 spiro atoms. The maximum atomic E-state index is 12.0. The average molecular weight is 308 g/mol. The van der Waals surface area contributed by atoms with Gasteiger partial charge < -0.3 is 4.57 Å². The number of aryl methyl sites for hydroxylation is 2. The van der Waals surface area contributed by atoms with Gasteiger partial charge in [0.15, 0.2) is 5.03 Å². The van der Waals surface area contributed by atoms with Crippen LogP contribution in [-0.4, -0.2) is 29.9 Å². The number of hydrogen-bond acceptors (Lipinski definition) is 3. The van der Waals surface area contributed by atoms with Crippen molar-refractivity contribution in [2.45, 2.75) is 57.0 Å². The second kappa shape index (κ2) is 7.26. The number of nitrogens with zero attached hydrogens (tertiary/aromatic N) is 2. The van der Waals surface area contributed by atoms with E-state index in [1.807, 2.05) is 18.4 Å². The Morgan fingerprint density at radius 2 is 2.16 bits per heavy atom. The van der Waals surface area contributed by atoms with E-state index in [4.69, 9.17) is 11.6 Å². The van der Waals surface area contributed by atoms with Crippen LogP contribution in [0.2, 0.25) is 0 Å². The van der Waals surface area contributed by atoms with Crippen LogP contribution in [0, 0.1) is 6.92 Å². The highest BCUT2D eigenvalue weighted by Crippen LogP contribution is 2.11. The van der Waals surface area contributed by atoms with Crippen molar-refractivity contribution in [1.82, 2.24) is 14.3 Å². The van der Waals surface area contributed by atoms with E-state index in [-0.39, 0.29) is 10.4 Å². The molecule has 0 amide bonds. The summed E-state index contributed by atoms with van der Waals surface area (Å²) >= 11 is 5.96. The van der Waals surface area contributed by atoms with Gasteiger partial charge in [-0.25, -0.2) is 18.1 Å². The van der Waals surface area contributed by atoms with Crippen molar-refractivity contribution in [3.8, 4) is 0 Å². The molecule has 1 atom stereocenters. The van der Waals surface area contributed by atoms with Gasteiger partial charge in [-0.1, -0.05) is 13.8 Å². The second-order valence-corrected chi connectivity index (χ2v) is 6.84. The highest BCUT2D eigenvalue weighted by atomic mass is 35.5. The van der Waals surface area contributed by atoms with Crippen LogP contribution in [0.5, 0.6) is 0 Å². The number of halogens is 1. The van der Waals surface area contributed by atoms with Crippen molar-refractivity contribution < 1.29 is 8.42 Å². The smallest absolute Gasteiger partial charge is 0.259 e. The van der Waals surface area contributed by atoms with Gasteiger partial charge in [0.25, 0.3) is 10.0 Å². The lowest BCUT2D eigenvalue weighted by atomic mass is 10.2. The van der Waals surface area contributed by atoms with Gasteiger partial charge in [-0.3, -0.25) is 0 Å². The lowest BCUT2D eigenvalue weighted by molar-refractivity contribution is 0.573. The minimum atomic E-state index is -3.52. The van der Waals surface area contributed by atoms with Crippen LogP contribution in [0.25, 0.3) is 0 Å². The van der Waals surface area contributed by atoms with Gasteiger partial charge in [-0.15, -0.1) is 11.6 Å². The second-order valence-electron chi connectivity index (χ2n) is 4.51. The molecular formula is C12H22ClN3O2S. The van der Waals surface area contributed by atoms with Gasteiger partial charge in [-0.05, 0) is 26.2 Å². The number of hydrogen-bond donors (Lipinski definition) is 1. The van der Waals surface area contributed by atoms with Gasteiger partial charge in [-0.2, -0.15) is 0 Å². The van der Waals surface area contributed by atoms with E-state index in [0.29, 0.717) is 18.8 Å². The molecule has 0 fully saturated rings. The van der Waals surface area contributed by atoms with E-state index in [0.717, 1.165) is 19.4 Å². The van der Waals surface area contributed by atoms with Crippen LogP contribution < -0.4 is 4.72 Å². The Balaban J connectivity index is 2.69. The lowest BCUT2D eigenvalue weighted by Crippen LogP contribution is -2.26. The predicted molar refractivity (Wildman–Crippen MR) is 77.0 cm³/mol. The summed E-state index contributed by atoms with van der Waals surface area (Å²) in [6.45, 7) is 6.93. The van der Waals surface area contributed by atoms with Crippen LogP contribution in [0.4, 0.5) is 0 Å². The summed E-state index contributed by atoms with van der Waals surface area (Å²) in [6.07, 6.45) is 3.97.